The minimum atomic E-state index is -0.402. The van der Waals surface area contributed by atoms with Gasteiger partial charge in [0.05, 0.1) is 12.6 Å². The van der Waals surface area contributed by atoms with Crippen LogP contribution >= 0.6 is 0 Å². The summed E-state index contributed by atoms with van der Waals surface area (Å²) in [6.45, 7) is 6.86. The maximum Gasteiger partial charge on any atom is 0.149 e. The average Bonchev–Trinajstić information content (AvgIpc) is 2.46. The topological polar surface area (TPSA) is 98.6 Å². The highest BCUT2D eigenvalue weighted by Gasteiger charge is 2.17. The van der Waals surface area contributed by atoms with Crippen molar-refractivity contribution in [3.63, 3.8) is 0 Å². The number of hydrogen-bond donors (Lipinski definition) is 3. The number of rotatable bonds is 10. The molecule has 1 rings (SSSR count). The van der Waals surface area contributed by atoms with Crippen molar-refractivity contribution in [1.29, 1.82) is 0 Å². The molecule has 0 spiro atoms. The standard InChI is InChI=1S/C18H30N2O3/c1-12(8-17(22)16(20)6-4-5-7-19)11-23-18-13(2)9-15(21)10-14(18)3/h9-10,12,16,21H,4-8,11,19-20H2,1-3H3/t12?,16-/m0/s1. The zero-order chi connectivity index (χ0) is 17.4. The number of aryl methyl sites for hydroxylation is 2. The van der Waals surface area contributed by atoms with Crippen LogP contribution in [0.3, 0.4) is 0 Å². The maximum atomic E-state index is 12.1. The van der Waals surface area contributed by atoms with Crippen LogP contribution < -0.4 is 16.2 Å². The summed E-state index contributed by atoms with van der Waals surface area (Å²) in [5.74, 6) is 1.18. The summed E-state index contributed by atoms with van der Waals surface area (Å²) in [6, 6.07) is 2.94. The predicted octanol–water partition coefficient (Wildman–Crippen LogP) is 2.44. The van der Waals surface area contributed by atoms with Crippen molar-refractivity contribution in [3.05, 3.63) is 23.3 Å². The lowest BCUT2D eigenvalue weighted by Crippen LogP contribution is -2.32. The molecule has 5 heteroatoms. The Balaban J connectivity index is 2.45. The molecule has 0 aliphatic carbocycles. The first-order valence-electron chi connectivity index (χ1n) is 8.26. The van der Waals surface area contributed by atoms with Gasteiger partial charge in [0.25, 0.3) is 0 Å². The largest absolute Gasteiger partial charge is 0.508 e. The van der Waals surface area contributed by atoms with Gasteiger partial charge in [-0.05, 0) is 62.4 Å². The van der Waals surface area contributed by atoms with Gasteiger partial charge in [0, 0.05) is 6.42 Å². The minimum Gasteiger partial charge on any atom is -0.508 e. The Labute approximate surface area is 139 Å². The maximum absolute atomic E-state index is 12.1. The molecule has 2 atom stereocenters. The third-order valence-electron chi connectivity index (χ3n) is 3.89. The van der Waals surface area contributed by atoms with E-state index < -0.39 is 6.04 Å². The second-order valence-electron chi connectivity index (χ2n) is 6.39. The summed E-state index contributed by atoms with van der Waals surface area (Å²) in [4.78, 5) is 12.1. The van der Waals surface area contributed by atoms with E-state index >= 15 is 0 Å². The molecule has 0 saturated carbocycles. The number of Topliss-reactive ketones (excluding diaryl/α,β-unsaturated/α-hetero) is 1. The average molecular weight is 322 g/mol. The Hall–Kier alpha value is -1.59. The smallest absolute Gasteiger partial charge is 0.149 e. The molecule has 5 nitrogen and oxygen atoms in total. The van der Waals surface area contributed by atoms with Crippen LogP contribution in [-0.2, 0) is 4.79 Å². The van der Waals surface area contributed by atoms with Crippen LogP contribution in [0.25, 0.3) is 0 Å². The molecule has 0 heterocycles. The van der Waals surface area contributed by atoms with E-state index in [9.17, 15) is 9.90 Å². The molecule has 0 aliphatic rings. The molecular weight excluding hydrogens is 292 g/mol. The van der Waals surface area contributed by atoms with Crippen molar-refractivity contribution >= 4 is 5.78 Å². The number of nitrogens with two attached hydrogens (primary N) is 2. The SMILES string of the molecule is Cc1cc(O)cc(C)c1OCC(C)CC(=O)[C@@H](N)CCCCN. The van der Waals surface area contributed by atoms with Gasteiger partial charge in [0.15, 0.2) is 0 Å². The Morgan fingerprint density at radius 1 is 1.26 bits per heavy atom. The van der Waals surface area contributed by atoms with Gasteiger partial charge in [-0.25, -0.2) is 0 Å². The third-order valence-corrected chi connectivity index (χ3v) is 3.89. The molecule has 0 bridgehead atoms. The fraction of sp³-hybridized carbons (Fsp3) is 0.611. The van der Waals surface area contributed by atoms with Gasteiger partial charge in [0.2, 0.25) is 0 Å². The van der Waals surface area contributed by atoms with Gasteiger partial charge >= 0.3 is 0 Å². The zero-order valence-electron chi connectivity index (χ0n) is 14.5. The number of phenols is 1. The Morgan fingerprint density at radius 3 is 2.43 bits per heavy atom. The van der Waals surface area contributed by atoms with Crippen LogP contribution in [0.4, 0.5) is 0 Å². The van der Waals surface area contributed by atoms with Crippen molar-refractivity contribution < 1.29 is 14.6 Å². The van der Waals surface area contributed by atoms with Crippen LogP contribution in [0.2, 0.25) is 0 Å². The molecule has 5 N–H and O–H groups in total. The summed E-state index contributed by atoms with van der Waals surface area (Å²) in [5, 5.41) is 9.54. The van der Waals surface area contributed by atoms with Gasteiger partial charge in [-0.15, -0.1) is 0 Å². The number of hydrogen-bond acceptors (Lipinski definition) is 5. The van der Waals surface area contributed by atoms with Gasteiger partial charge in [-0.3, -0.25) is 4.79 Å². The van der Waals surface area contributed by atoms with E-state index in [1.807, 2.05) is 20.8 Å². The van der Waals surface area contributed by atoms with E-state index in [0.29, 0.717) is 26.0 Å². The second-order valence-corrected chi connectivity index (χ2v) is 6.39. The number of ketones is 1. The zero-order valence-corrected chi connectivity index (χ0v) is 14.5. The number of phenolic OH excluding ortho intramolecular Hbond substituents is 1. The lowest BCUT2D eigenvalue weighted by molar-refractivity contribution is -0.121. The molecule has 0 radical (unpaired) electrons. The highest BCUT2D eigenvalue weighted by molar-refractivity contribution is 5.83. The fourth-order valence-corrected chi connectivity index (χ4v) is 2.60. The lowest BCUT2D eigenvalue weighted by Gasteiger charge is -2.18. The number of unbranched alkanes of at least 4 members (excludes halogenated alkanes) is 1. The molecule has 0 amide bonds. The van der Waals surface area contributed by atoms with E-state index in [0.717, 1.165) is 29.7 Å². The molecule has 1 unspecified atom stereocenters. The van der Waals surface area contributed by atoms with Crippen molar-refractivity contribution in [2.24, 2.45) is 17.4 Å². The number of benzene rings is 1. The fourth-order valence-electron chi connectivity index (χ4n) is 2.60. The highest BCUT2D eigenvalue weighted by atomic mass is 16.5. The number of carbonyl (C=O) groups is 1. The van der Waals surface area contributed by atoms with Gasteiger partial charge in [-0.1, -0.05) is 13.3 Å². The van der Waals surface area contributed by atoms with E-state index in [-0.39, 0.29) is 17.5 Å². The molecule has 0 fully saturated rings. The van der Waals surface area contributed by atoms with Crippen LogP contribution in [-0.4, -0.2) is 30.1 Å². The minimum absolute atomic E-state index is 0.0808. The molecule has 1 aromatic carbocycles. The summed E-state index contributed by atoms with van der Waals surface area (Å²) >= 11 is 0. The van der Waals surface area contributed by atoms with Crippen LogP contribution in [0.5, 0.6) is 11.5 Å². The van der Waals surface area contributed by atoms with Crippen molar-refractivity contribution in [2.75, 3.05) is 13.2 Å². The van der Waals surface area contributed by atoms with E-state index in [1.165, 1.54) is 0 Å². The third kappa shape index (κ3) is 6.59. The number of ether oxygens (including phenoxy) is 1. The summed E-state index contributed by atoms with van der Waals surface area (Å²) in [6.07, 6.45) is 2.90. The summed E-state index contributed by atoms with van der Waals surface area (Å²) < 4.78 is 5.84. The van der Waals surface area contributed by atoms with Crippen molar-refractivity contribution in [1.82, 2.24) is 0 Å². The Bertz CT molecular complexity index is 494. The Morgan fingerprint density at radius 2 is 1.87 bits per heavy atom. The van der Waals surface area contributed by atoms with Crippen LogP contribution in [0.15, 0.2) is 12.1 Å². The molecular formula is C18H30N2O3. The molecule has 23 heavy (non-hydrogen) atoms. The molecule has 0 aliphatic heterocycles. The van der Waals surface area contributed by atoms with Gasteiger partial charge in [-0.2, -0.15) is 0 Å². The van der Waals surface area contributed by atoms with Gasteiger partial charge in [0.1, 0.15) is 17.3 Å². The van der Waals surface area contributed by atoms with Crippen molar-refractivity contribution in [3.8, 4) is 11.5 Å². The first kappa shape index (κ1) is 19.5. The molecule has 1 aromatic rings. The summed E-state index contributed by atoms with van der Waals surface area (Å²) in [7, 11) is 0. The van der Waals surface area contributed by atoms with E-state index in [2.05, 4.69) is 0 Å². The highest BCUT2D eigenvalue weighted by Crippen LogP contribution is 2.28. The monoisotopic (exact) mass is 322 g/mol. The first-order chi connectivity index (χ1) is 10.8. The first-order valence-corrected chi connectivity index (χ1v) is 8.26. The van der Waals surface area contributed by atoms with Crippen molar-refractivity contribution in [2.45, 2.75) is 52.5 Å². The number of aromatic hydroxyl groups is 1. The normalized spacial score (nSPS) is 13.6. The second kappa shape index (κ2) is 9.53. The molecule has 0 saturated heterocycles. The van der Waals surface area contributed by atoms with Gasteiger partial charge < -0.3 is 21.3 Å². The summed E-state index contributed by atoms with van der Waals surface area (Å²) in [5.41, 5.74) is 13.1. The van der Waals surface area contributed by atoms with Crippen LogP contribution in [0.1, 0.15) is 43.7 Å². The lowest BCUT2D eigenvalue weighted by atomic mass is 9.98. The van der Waals surface area contributed by atoms with E-state index in [4.69, 9.17) is 16.2 Å². The molecule has 130 valence electrons. The quantitative estimate of drug-likeness (QED) is 0.575. The molecule has 0 aromatic heterocycles. The Kier molecular flexibility index (Phi) is 8.06. The van der Waals surface area contributed by atoms with E-state index in [1.54, 1.807) is 12.1 Å². The van der Waals surface area contributed by atoms with Crippen LogP contribution in [0, 0.1) is 19.8 Å². The number of carbonyl (C=O) groups excluding carboxylic acids is 1. The predicted molar refractivity (Wildman–Crippen MR) is 92.7 cm³/mol.